The lowest BCUT2D eigenvalue weighted by Crippen LogP contribution is -2.37. The number of amides is 1. The molecule has 17 heteroatoms. The molecule has 0 spiro atoms. The molecule has 0 bridgehead atoms. The lowest BCUT2D eigenvalue weighted by atomic mass is 10.1. The van der Waals surface area contributed by atoms with Crippen LogP contribution in [-0.2, 0) is 23.4 Å². The summed E-state index contributed by atoms with van der Waals surface area (Å²) < 4.78 is 22.8. The molecule has 1 unspecified atom stereocenters. The lowest BCUT2D eigenvalue weighted by molar-refractivity contribution is -0.137. The van der Waals surface area contributed by atoms with Crippen LogP contribution in [0.2, 0.25) is 0 Å². The number of carboxylic acids is 1. The third-order valence-corrected chi connectivity index (χ3v) is 4.81. The van der Waals surface area contributed by atoms with Gasteiger partial charge in [-0.15, -0.1) is 0 Å². The minimum absolute atomic E-state index is 0. The normalized spacial score (nSPS) is 25.2. The van der Waals surface area contributed by atoms with Crippen molar-refractivity contribution in [3.05, 3.63) is 22.7 Å². The van der Waals surface area contributed by atoms with Crippen LogP contribution in [0.5, 0.6) is 0 Å². The van der Waals surface area contributed by atoms with E-state index in [1.165, 1.54) is 12.3 Å². The number of ether oxygens (including phenoxy) is 1. The van der Waals surface area contributed by atoms with Gasteiger partial charge in [0.1, 0.15) is 30.7 Å². The molecule has 11 N–H and O–H groups in total. The van der Waals surface area contributed by atoms with Gasteiger partial charge in [0.15, 0.2) is 6.23 Å². The number of aliphatic hydroxyl groups excluding tert-OH is 2. The predicted octanol–water partition coefficient (Wildman–Crippen LogP) is -3.49. The van der Waals surface area contributed by atoms with E-state index in [-0.39, 0.29) is 12.0 Å². The molecule has 2 heterocycles. The van der Waals surface area contributed by atoms with E-state index in [4.69, 9.17) is 20.1 Å². The van der Waals surface area contributed by atoms with Gasteiger partial charge in [0.25, 0.3) is 0 Å². The highest BCUT2D eigenvalue weighted by atomic mass is 31.2. The maximum Gasteiger partial charge on any atom is 0.403 e. The molecule has 0 aromatic carbocycles. The van der Waals surface area contributed by atoms with Gasteiger partial charge in [0.2, 0.25) is 5.91 Å². The lowest BCUT2D eigenvalue weighted by Gasteiger charge is -2.18. The summed E-state index contributed by atoms with van der Waals surface area (Å²) in [7, 11) is -4.53. The van der Waals surface area contributed by atoms with Gasteiger partial charge < -0.3 is 42.2 Å². The molecule has 1 aromatic rings. The summed E-state index contributed by atoms with van der Waals surface area (Å²) in [6.07, 6.45) is -4.57. The Labute approximate surface area is 168 Å². The molecule has 1 aromatic heterocycles. The van der Waals surface area contributed by atoms with Gasteiger partial charge in [-0.05, 0) is 6.07 Å². The van der Waals surface area contributed by atoms with E-state index < -0.39 is 69.5 Å². The number of hydrogen-bond acceptors (Lipinski definition) is 11. The molecule has 1 amide bonds. The number of aliphatic hydroxyl groups is 2. The molecule has 1 aliphatic rings. The Morgan fingerprint density at radius 2 is 2.00 bits per heavy atom. The Kier molecular flexibility index (Phi) is 9.01. The van der Waals surface area contributed by atoms with E-state index in [9.17, 15) is 34.1 Å². The molecular formula is C13H23N6O10P. The fraction of sp³-hybridized carbons (Fsp3) is 0.538. The number of rotatable bonds is 9. The quantitative estimate of drug-likeness (QED) is 0.168. The van der Waals surface area contributed by atoms with Crippen LogP contribution in [0.1, 0.15) is 6.23 Å². The Balaban J connectivity index is 0.00000450. The van der Waals surface area contributed by atoms with E-state index in [2.05, 4.69) is 4.98 Å². The monoisotopic (exact) mass is 454 g/mol. The number of aliphatic carboxylic acids is 1. The van der Waals surface area contributed by atoms with Crippen molar-refractivity contribution < 1.29 is 43.6 Å². The van der Waals surface area contributed by atoms with Crippen LogP contribution in [0.4, 0.5) is 5.82 Å². The molecule has 0 radical (unpaired) electrons. The summed E-state index contributed by atoms with van der Waals surface area (Å²) in [6.45, 7) is -2.06. The van der Waals surface area contributed by atoms with E-state index in [1.54, 1.807) is 0 Å². The van der Waals surface area contributed by atoms with Crippen molar-refractivity contribution in [1.82, 2.24) is 26.1 Å². The molecule has 1 fully saturated rings. The van der Waals surface area contributed by atoms with Crippen molar-refractivity contribution in [3.8, 4) is 0 Å². The molecular weight excluding hydrogens is 431 g/mol. The van der Waals surface area contributed by atoms with Crippen LogP contribution in [-0.4, -0.2) is 79.6 Å². The number of nitrogens with zero attached hydrogens (tertiary/aromatic N) is 2. The second-order valence-electron chi connectivity index (χ2n) is 5.91. The zero-order chi connectivity index (χ0) is 21.8. The van der Waals surface area contributed by atoms with Crippen molar-refractivity contribution in [2.45, 2.75) is 24.5 Å². The first kappa shape index (κ1) is 25.6. The molecule has 1 aliphatic heterocycles. The summed E-state index contributed by atoms with van der Waals surface area (Å²) >= 11 is 0. The first-order valence-electron chi connectivity index (χ1n) is 8.07. The van der Waals surface area contributed by atoms with Crippen LogP contribution in [0.15, 0.2) is 17.1 Å². The Morgan fingerprint density at radius 3 is 2.60 bits per heavy atom. The van der Waals surface area contributed by atoms with Gasteiger partial charge in [0, 0.05) is 6.20 Å². The van der Waals surface area contributed by atoms with E-state index in [0.717, 1.165) is 4.57 Å². The maximum atomic E-state index is 11.9. The van der Waals surface area contributed by atoms with Crippen LogP contribution in [0.3, 0.4) is 0 Å². The molecule has 0 saturated carbocycles. The van der Waals surface area contributed by atoms with Crippen molar-refractivity contribution >= 4 is 25.4 Å². The molecule has 2 rings (SSSR count). The van der Waals surface area contributed by atoms with Gasteiger partial charge >= 0.3 is 19.4 Å². The largest absolute Gasteiger partial charge is 0.480 e. The van der Waals surface area contributed by atoms with Gasteiger partial charge in [0.05, 0.1) is 13.2 Å². The number of carbonyl (C=O) groups excluding carboxylic acids is 1. The van der Waals surface area contributed by atoms with Crippen molar-refractivity contribution in [1.29, 1.82) is 0 Å². The van der Waals surface area contributed by atoms with Crippen LogP contribution in [0, 0.1) is 0 Å². The highest BCUT2D eigenvalue weighted by molar-refractivity contribution is 7.50. The molecule has 1 saturated heterocycles. The first-order valence-corrected chi connectivity index (χ1v) is 9.65. The molecule has 16 nitrogen and oxygen atoms in total. The van der Waals surface area contributed by atoms with E-state index in [0.29, 0.717) is 0 Å². The van der Waals surface area contributed by atoms with Crippen molar-refractivity contribution in [3.63, 3.8) is 0 Å². The molecule has 30 heavy (non-hydrogen) atoms. The Morgan fingerprint density at radius 1 is 1.33 bits per heavy atom. The van der Waals surface area contributed by atoms with Crippen molar-refractivity contribution in [2.24, 2.45) is 0 Å². The summed E-state index contributed by atoms with van der Waals surface area (Å²) in [6, 6.07) is 1.27. The minimum Gasteiger partial charge on any atom is -0.480 e. The average Bonchev–Trinajstić information content (AvgIpc) is 2.91. The maximum absolute atomic E-state index is 11.9. The van der Waals surface area contributed by atoms with Crippen LogP contribution >= 0.6 is 7.75 Å². The van der Waals surface area contributed by atoms with Gasteiger partial charge in [-0.3, -0.25) is 18.7 Å². The number of nitrogens with one attached hydrogen (secondary N) is 2. The summed E-state index contributed by atoms with van der Waals surface area (Å²) in [5.74, 6) is -2.22. The SMILES string of the molecule is N.Nc1ccn([C@@H]2O[C@H](COP(=O)(O)NCC(=O)NCC(=O)O)[C@@H](O)[C@H]2O)c(=O)n1. The zero-order valence-electron chi connectivity index (χ0n) is 15.4. The summed E-state index contributed by atoms with van der Waals surface area (Å²) in [5.41, 5.74) is 4.53. The van der Waals surface area contributed by atoms with Gasteiger partial charge in [-0.25, -0.2) is 14.4 Å². The number of carbonyl (C=O) groups is 2. The highest BCUT2D eigenvalue weighted by Gasteiger charge is 2.45. The predicted molar refractivity (Wildman–Crippen MR) is 98.3 cm³/mol. The summed E-state index contributed by atoms with van der Waals surface area (Å²) in [4.78, 5) is 46.6. The second-order valence-corrected chi connectivity index (χ2v) is 7.53. The second kappa shape index (κ2) is 10.6. The Hall–Kier alpha value is -2.43. The molecule has 0 aliphatic carbocycles. The Bertz CT molecular complexity index is 865. The van der Waals surface area contributed by atoms with E-state index in [1.807, 2.05) is 10.4 Å². The third-order valence-electron chi connectivity index (χ3n) is 3.75. The fourth-order valence-electron chi connectivity index (χ4n) is 2.34. The zero-order valence-corrected chi connectivity index (χ0v) is 16.3. The number of nitrogen functional groups attached to an aromatic ring is 1. The van der Waals surface area contributed by atoms with Gasteiger partial charge in [-0.2, -0.15) is 4.98 Å². The number of anilines is 1. The molecule has 5 atom stereocenters. The number of carboxylic acid groups (broad SMARTS) is 1. The van der Waals surface area contributed by atoms with Gasteiger partial charge in [-0.1, -0.05) is 0 Å². The van der Waals surface area contributed by atoms with Crippen LogP contribution < -0.4 is 28.0 Å². The fourth-order valence-corrected chi connectivity index (χ4v) is 3.13. The minimum atomic E-state index is -4.53. The number of hydrogen-bond donors (Lipinski definition) is 8. The standard InChI is InChI=1S/C13H20N5O10P.H3N/c14-7-1-2-18(13(24)17-7)12-11(23)10(22)6(28-12)5-27-29(25,26)16-3-8(19)15-4-9(20)21;/h1-2,6,10-12,22-23H,3-5H2,(H,15,19)(H,20,21)(H2,14,17,24)(H2,16,25,26);1H3/t6-,10-,11-,12-;/m1./s1. The van der Waals surface area contributed by atoms with Crippen molar-refractivity contribution in [2.75, 3.05) is 25.4 Å². The topological polar surface area (TPSA) is 271 Å². The summed E-state index contributed by atoms with van der Waals surface area (Å²) in [5, 5.41) is 32.4. The average molecular weight is 454 g/mol. The number of nitrogens with two attached hydrogens (primary N) is 1. The first-order chi connectivity index (χ1) is 13.5. The van der Waals surface area contributed by atoms with Crippen LogP contribution in [0.25, 0.3) is 0 Å². The number of aromatic nitrogens is 2. The molecule has 170 valence electrons. The smallest absolute Gasteiger partial charge is 0.403 e. The van der Waals surface area contributed by atoms with E-state index >= 15 is 0 Å². The highest BCUT2D eigenvalue weighted by Crippen LogP contribution is 2.38. The third kappa shape index (κ3) is 6.82.